The van der Waals surface area contributed by atoms with Crippen molar-refractivity contribution in [2.45, 2.75) is 43.3 Å². The van der Waals surface area contributed by atoms with Gasteiger partial charge >= 0.3 is 5.97 Å². The molecule has 0 radical (unpaired) electrons. The number of carboxylic acid groups (broad SMARTS) is 1. The van der Waals surface area contributed by atoms with Crippen molar-refractivity contribution in [2.75, 3.05) is 10.6 Å². The number of aryl methyl sites for hydroxylation is 2. The van der Waals surface area contributed by atoms with Crippen LogP contribution in [-0.4, -0.2) is 22.9 Å². The van der Waals surface area contributed by atoms with Crippen molar-refractivity contribution >= 4 is 40.9 Å². The highest BCUT2D eigenvalue weighted by molar-refractivity contribution is 8.00. The first-order valence-corrected chi connectivity index (χ1v) is 13.6. The smallest absolute Gasteiger partial charge is 0.307 e. The second kappa shape index (κ2) is 12.6. The lowest BCUT2D eigenvalue weighted by molar-refractivity contribution is -0.146. The van der Waals surface area contributed by atoms with Crippen molar-refractivity contribution in [2.24, 2.45) is 11.8 Å². The number of carbonyl (C=O) groups is 3. The van der Waals surface area contributed by atoms with Gasteiger partial charge < -0.3 is 15.7 Å². The van der Waals surface area contributed by atoms with Gasteiger partial charge in [-0.05, 0) is 67.1 Å². The molecular formula is C31H32N2O4S. The SMILES string of the molecule is CCc1cccc(C)c1NC(=O)[C@@H](Sc1ccc(NC(=O)[C@@H]2CC=CC[C@@H]2C(=O)O)cc1)c1ccccc1. The molecule has 2 amide bonds. The van der Waals surface area contributed by atoms with E-state index in [4.69, 9.17) is 0 Å². The quantitative estimate of drug-likeness (QED) is 0.214. The topological polar surface area (TPSA) is 95.5 Å². The maximum Gasteiger partial charge on any atom is 0.307 e. The van der Waals surface area contributed by atoms with Crippen LogP contribution in [-0.2, 0) is 20.8 Å². The van der Waals surface area contributed by atoms with Crippen LogP contribution < -0.4 is 10.6 Å². The molecule has 3 aromatic carbocycles. The number of carboxylic acids is 1. The fourth-order valence-electron chi connectivity index (χ4n) is 4.66. The zero-order valence-electron chi connectivity index (χ0n) is 21.5. The van der Waals surface area contributed by atoms with Crippen LogP contribution in [0.5, 0.6) is 0 Å². The molecule has 3 atom stereocenters. The maximum atomic E-state index is 13.6. The van der Waals surface area contributed by atoms with Gasteiger partial charge in [0.1, 0.15) is 5.25 Å². The molecule has 0 bridgehead atoms. The van der Waals surface area contributed by atoms with Gasteiger partial charge in [0.2, 0.25) is 11.8 Å². The van der Waals surface area contributed by atoms with E-state index in [9.17, 15) is 19.5 Å². The third-order valence-electron chi connectivity index (χ3n) is 6.79. The Labute approximate surface area is 227 Å². The molecule has 0 aromatic heterocycles. The minimum absolute atomic E-state index is 0.104. The number of carbonyl (C=O) groups excluding carboxylic acids is 2. The van der Waals surface area contributed by atoms with E-state index in [2.05, 4.69) is 17.6 Å². The Morgan fingerprint density at radius 2 is 1.58 bits per heavy atom. The maximum absolute atomic E-state index is 13.6. The number of aliphatic carboxylic acids is 1. The van der Waals surface area contributed by atoms with E-state index in [1.807, 2.05) is 79.7 Å². The van der Waals surface area contributed by atoms with E-state index in [1.54, 1.807) is 12.1 Å². The van der Waals surface area contributed by atoms with E-state index >= 15 is 0 Å². The van der Waals surface area contributed by atoms with E-state index in [0.29, 0.717) is 18.5 Å². The standard InChI is InChI=1S/C31H32N2O4S/c1-3-21-13-9-10-20(2)27(21)33-30(35)28(22-11-5-4-6-12-22)38-24-18-16-23(17-19-24)32-29(34)25-14-7-8-15-26(25)31(36)37/h4-13,16-19,25-26,28H,3,14-15H2,1-2H3,(H,32,34)(H,33,35)(H,36,37)/t25-,26+,28+/m1/s1. The van der Waals surface area contributed by atoms with Crippen LogP contribution in [0, 0.1) is 18.8 Å². The summed E-state index contributed by atoms with van der Waals surface area (Å²) < 4.78 is 0. The van der Waals surface area contributed by atoms with Gasteiger partial charge in [-0.2, -0.15) is 0 Å². The molecule has 3 aromatic rings. The molecule has 0 unspecified atom stereocenters. The lowest BCUT2D eigenvalue weighted by Gasteiger charge is -2.24. The lowest BCUT2D eigenvalue weighted by atomic mass is 9.82. The summed E-state index contributed by atoms with van der Waals surface area (Å²) in [7, 11) is 0. The van der Waals surface area contributed by atoms with Crippen molar-refractivity contribution in [3.8, 4) is 0 Å². The first-order chi connectivity index (χ1) is 18.4. The minimum atomic E-state index is -0.955. The highest BCUT2D eigenvalue weighted by atomic mass is 32.2. The summed E-state index contributed by atoms with van der Waals surface area (Å²) in [6.45, 7) is 4.07. The summed E-state index contributed by atoms with van der Waals surface area (Å²) in [5, 5.41) is 15.0. The minimum Gasteiger partial charge on any atom is -0.481 e. The van der Waals surface area contributed by atoms with Gasteiger partial charge in [-0.15, -0.1) is 11.8 Å². The average molecular weight is 529 g/mol. The van der Waals surface area contributed by atoms with Crippen molar-refractivity contribution in [1.82, 2.24) is 0 Å². The number of hydrogen-bond acceptors (Lipinski definition) is 4. The summed E-state index contributed by atoms with van der Waals surface area (Å²) in [4.78, 5) is 38.8. The molecule has 196 valence electrons. The summed E-state index contributed by atoms with van der Waals surface area (Å²) in [6.07, 6.45) is 5.26. The molecule has 0 heterocycles. The molecule has 1 aliphatic carbocycles. The van der Waals surface area contributed by atoms with Crippen molar-refractivity contribution in [3.63, 3.8) is 0 Å². The molecule has 6 nitrogen and oxygen atoms in total. The highest BCUT2D eigenvalue weighted by Crippen LogP contribution is 2.37. The van der Waals surface area contributed by atoms with Crippen LogP contribution in [0.3, 0.4) is 0 Å². The summed E-state index contributed by atoms with van der Waals surface area (Å²) in [5.74, 6) is -2.68. The Morgan fingerprint density at radius 3 is 2.24 bits per heavy atom. The Morgan fingerprint density at radius 1 is 0.895 bits per heavy atom. The molecule has 7 heteroatoms. The second-order valence-electron chi connectivity index (χ2n) is 9.37. The Kier molecular flexibility index (Phi) is 9.02. The summed E-state index contributed by atoms with van der Waals surface area (Å²) >= 11 is 1.44. The predicted octanol–water partition coefficient (Wildman–Crippen LogP) is 6.64. The normalized spacial score (nSPS) is 17.4. The second-order valence-corrected chi connectivity index (χ2v) is 10.5. The average Bonchev–Trinajstić information content (AvgIpc) is 2.94. The molecule has 0 saturated carbocycles. The number of benzene rings is 3. The van der Waals surface area contributed by atoms with Crippen LogP contribution in [0.1, 0.15) is 41.7 Å². The fraction of sp³-hybridized carbons (Fsp3) is 0.258. The number of nitrogens with one attached hydrogen (secondary N) is 2. The monoisotopic (exact) mass is 528 g/mol. The largest absolute Gasteiger partial charge is 0.481 e. The molecule has 3 N–H and O–H groups in total. The van der Waals surface area contributed by atoms with Gasteiger partial charge in [0.25, 0.3) is 0 Å². The Balaban J connectivity index is 1.50. The number of para-hydroxylation sites is 1. The van der Waals surface area contributed by atoms with Crippen molar-refractivity contribution in [3.05, 3.63) is 102 Å². The van der Waals surface area contributed by atoms with E-state index in [1.165, 1.54) is 11.8 Å². The first-order valence-electron chi connectivity index (χ1n) is 12.8. The molecule has 0 spiro atoms. The van der Waals surface area contributed by atoms with Gasteiger partial charge in [0, 0.05) is 16.3 Å². The highest BCUT2D eigenvalue weighted by Gasteiger charge is 2.34. The molecule has 0 fully saturated rings. The van der Waals surface area contributed by atoms with Crippen LogP contribution in [0.2, 0.25) is 0 Å². The van der Waals surface area contributed by atoms with Crippen LogP contribution in [0.4, 0.5) is 11.4 Å². The first kappa shape index (κ1) is 27.2. The third kappa shape index (κ3) is 6.53. The van der Waals surface area contributed by atoms with Crippen LogP contribution in [0.25, 0.3) is 0 Å². The van der Waals surface area contributed by atoms with Gasteiger partial charge in [-0.3, -0.25) is 14.4 Å². The molecule has 0 aliphatic heterocycles. The lowest BCUT2D eigenvalue weighted by Crippen LogP contribution is -2.34. The third-order valence-corrected chi connectivity index (χ3v) is 8.06. The van der Waals surface area contributed by atoms with E-state index in [-0.39, 0.29) is 11.8 Å². The van der Waals surface area contributed by atoms with E-state index < -0.39 is 23.1 Å². The predicted molar refractivity (Wildman–Crippen MR) is 152 cm³/mol. The Bertz CT molecular complexity index is 1320. The van der Waals surface area contributed by atoms with Crippen molar-refractivity contribution in [1.29, 1.82) is 0 Å². The van der Waals surface area contributed by atoms with Crippen LogP contribution >= 0.6 is 11.8 Å². The number of amides is 2. The molecule has 0 saturated heterocycles. The molecule has 38 heavy (non-hydrogen) atoms. The summed E-state index contributed by atoms with van der Waals surface area (Å²) in [6, 6.07) is 23.0. The number of hydrogen-bond donors (Lipinski definition) is 3. The molecule has 4 rings (SSSR count). The molecule has 1 aliphatic rings. The van der Waals surface area contributed by atoms with Crippen LogP contribution in [0.15, 0.2) is 89.8 Å². The number of allylic oxidation sites excluding steroid dienone is 2. The molecular weight excluding hydrogens is 496 g/mol. The fourth-order valence-corrected chi connectivity index (χ4v) is 5.68. The zero-order chi connectivity index (χ0) is 27.1. The van der Waals surface area contributed by atoms with Gasteiger partial charge in [-0.1, -0.05) is 67.6 Å². The Hall–Kier alpha value is -3.84. The van der Waals surface area contributed by atoms with Gasteiger partial charge in [-0.25, -0.2) is 0 Å². The van der Waals surface area contributed by atoms with E-state index in [0.717, 1.165) is 33.7 Å². The number of rotatable bonds is 9. The van der Waals surface area contributed by atoms with Gasteiger partial charge in [0.05, 0.1) is 11.8 Å². The number of thioether (sulfide) groups is 1. The van der Waals surface area contributed by atoms with Crippen molar-refractivity contribution < 1.29 is 19.5 Å². The van der Waals surface area contributed by atoms with Gasteiger partial charge in [0.15, 0.2) is 0 Å². The zero-order valence-corrected chi connectivity index (χ0v) is 22.3. The summed E-state index contributed by atoms with van der Waals surface area (Å²) in [5.41, 5.74) is 4.45. The number of anilines is 2.